The topological polar surface area (TPSA) is 42.9 Å². The molecular formula is C14H18N2OS2. The van der Waals surface area contributed by atoms with Crippen LogP contribution < -0.4 is 0 Å². The van der Waals surface area contributed by atoms with Gasteiger partial charge in [-0.3, -0.25) is 4.21 Å². The zero-order chi connectivity index (χ0) is 13.7. The predicted molar refractivity (Wildman–Crippen MR) is 81.5 cm³/mol. The average molecular weight is 294 g/mol. The summed E-state index contributed by atoms with van der Waals surface area (Å²) >= 11 is 1.53. The molecule has 0 fully saturated rings. The molecule has 0 amide bonds. The molecule has 0 saturated heterocycles. The third-order valence-corrected chi connectivity index (χ3v) is 5.14. The maximum absolute atomic E-state index is 11.9. The molecule has 3 nitrogen and oxygen atoms in total. The van der Waals surface area contributed by atoms with Gasteiger partial charge in [-0.15, -0.1) is 10.2 Å². The van der Waals surface area contributed by atoms with Crippen molar-refractivity contribution in [3.8, 4) is 10.6 Å². The van der Waals surface area contributed by atoms with Gasteiger partial charge in [-0.2, -0.15) is 0 Å². The van der Waals surface area contributed by atoms with Gasteiger partial charge in [0.1, 0.15) is 10.0 Å². The maximum Gasteiger partial charge on any atom is 0.147 e. The highest BCUT2D eigenvalue weighted by molar-refractivity contribution is 7.84. The van der Waals surface area contributed by atoms with E-state index in [4.69, 9.17) is 0 Å². The summed E-state index contributed by atoms with van der Waals surface area (Å²) in [4.78, 5) is 0. The summed E-state index contributed by atoms with van der Waals surface area (Å²) < 4.78 is 11.9. The van der Waals surface area contributed by atoms with Crippen molar-refractivity contribution in [1.82, 2.24) is 10.2 Å². The van der Waals surface area contributed by atoms with Crippen molar-refractivity contribution in [3.63, 3.8) is 0 Å². The lowest BCUT2D eigenvalue weighted by Gasteiger charge is -2.02. The van der Waals surface area contributed by atoms with Gasteiger partial charge in [0.2, 0.25) is 0 Å². The van der Waals surface area contributed by atoms with E-state index in [0.29, 0.717) is 11.7 Å². The van der Waals surface area contributed by atoms with Crippen LogP contribution in [0.2, 0.25) is 0 Å². The number of nitrogens with zero attached hydrogens (tertiary/aromatic N) is 2. The molecule has 1 aromatic heterocycles. The fourth-order valence-electron chi connectivity index (χ4n) is 1.59. The molecule has 2 rings (SSSR count). The molecule has 0 aliphatic carbocycles. The van der Waals surface area contributed by atoms with Gasteiger partial charge in [0.15, 0.2) is 0 Å². The SMILES string of the molecule is CC(C)CC[S@](=O)Cc1nnc(-c2ccccc2)s1. The lowest BCUT2D eigenvalue weighted by molar-refractivity contribution is 0.619. The molecule has 102 valence electrons. The predicted octanol–water partition coefficient (Wildman–Crippen LogP) is 3.50. The first kappa shape index (κ1) is 14.3. The van der Waals surface area contributed by atoms with E-state index in [2.05, 4.69) is 24.0 Å². The molecule has 0 radical (unpaired) electrons. The molecule has 0 aliphatic rings. The minimum absolute atomic E-state index is 0.525. The highest BCUT2D eigenvalue weighted by atomic mass is 32.2. The first-order chi connectivity index (χ1) is 9.15. The molecular weight excluding hydrogens is 276 g/mol. The molecule has 5 heteroatoms. The normalized spacial score (nSPS) is 12.8. The van der Waals surface area contributed by atoms with Crippen molar-refractivity contribution in [1.29, 1.82) is 0 Å². The number of aromatic nitrogens is 2. The summed E-state index contributed by atoms with van der Waals surface area (Å²) in [5, 5.41) is 10.1. The number of hydrogen-bond donors (Lipinski definition) is 0. The summed E-state index contributed by atoms with van der Waals surface area (Å²) in [6.07, 6.45) is 0.997. The van der Waals surface area contributed by atoms with E-state index in [1.54, 1.807) is 0 Å². The second kappa shape index (κ2) is 6.91. The minimum Gasteiger partial charge on any atom is -0.259 e. The molecule has 0 bridgehead atoms. The van der Waals surface area contributed by atoms with Crippen molar-refractivity contribution in [2.75, 3.05) is 5.75 Å². The molecule has 1 atom stereocenters. The van der Waals surface area contributed by atoms with Gasteiger partial charge in [0.25, 0.3) is 0 Å². The van der Waals surface area contributed by atoms with Crippen LogP contribution in [0.4, 0.5) is 0 Å². The molecule has 0 N–H and O–H groups in total. The Hall–Kier alpha value is -1.07. The lowest BCUT2D eigenvalue weighted by Crippen LogP contribution is -2.03. The van der Waals surface area contributed by atoms with Crippen molar-refractivity contribution in [2.24, 2.45) is 5.92 Å². The van der Waals surface area contributed by atoms with Gasteiger partial charge < -0.3 is 0 Å². The van der Waals surface area contributed by atoms with Crippen LogP contribution in [0.3, 0.4) is 0 Å². The Bertz CT molecular complexity index is 537. The second-order valence-electron chi connectivity index (χ2n) is 4.84. The van der Waals surface area contributed by atoms with Crippen LogP contribution in [0.25, 0.3) is 10.6 Å². The molecule has 0 aliphatic heterocycles. The number of benzene rings is 1. The van der Waals surface area contributed by atoms with E-state index in [0.717, 1.165) is 27.8 Å². The summed E-state index contributed by atoms with van der Waals surface area (Å²) in [7, 11) is -0.827. The zero-order valence-corrected chi connectivity index (χ0v) is 12.8. The largest absolute Gasteiger partial charge is 0.259 e. The van der Waals surface area contributed by atoms with Crippen LogP contribution in [0.5, 0.6) is 0 Å². The lowest BCUT2D eigenvalue weighted by atomic mass is 10.2. The summed E-state index contributed by atoms with van der Waals surface area (Å²) in [6.45, 7) is 4.30. The van der Waals surface area contributed by atoms with Crippen LogP contribution in [0.1, 0.15) is 25.3 Å². The second-order valence-corrected chi connectivity index (χ2v) is 7.48. The highest BCUT2D eigenvalue weighted by Crippen LogP contribution is 2.23. The van der Waals surface area contributed by atoms with E-state index >= 15 is 0 Å². The highest BCUT2D eigenvalue weighted by Gasteiger charge is 2.10. The van der Waals surface area contributed by atoms with Crippen molar-refractivity contribution in [2.45, 2.75) is 26.0 Å². The average Bonchev–Trinajstić information content (AvgIpc) is 2.86. The monoisotopic (exact) mass is 294 g/mol. The Morgan fingerprint density at radius 1 is 1.21 bits per heavy atom. The van der Waals surface area contributed by atoms with E-state index in [1.165, 1.54) is 11.3 Å². The quantitative estimate of drug-likeness (QED) is 0.819. The van der Waals surface area contributed by atoms with Crippen molar-refractivity contribution in [3.05, 3.63) is 35.3 Å². The molecule has 0 saturated carbocycles. The van der Waals surface area contributed by atoms with Gasteiger partial charge in [-0.25, -0.2) is 0 Å². The van der Waals surface area contributed by atoms with Gasteiger partial charge in [0.05, 0.1) is 5.75 Å². The Balaban J connectivity index is 1.96. The third-order valence-electron chi connectivity index (χ3n) is 2.69. The standard InChI is InChI=1S/C14H18N2OS2/c1-11(2)8-9-19(17)10-13-15-16-14(18-13)12-6-4-3-5-7-12/h3-7,11H,8-10H2,1-2H3/t19-/m0/s1. The fourth-order valence-corrected chi connectivity index (χ4v) is 4.07. The van der Waals surface area contributed by atoms with Crippen LogP contribution in [-0.4, -0.2) is 20.2 Å². The minimum atomic E-state index is -0.827. The smallest absolute Gasteiger partial charge is 0.147 e. The Labute approximate surface area is 120 Å². The Morgan fingerprint density at radius 3 is 2.63 bits per heavy atom. The van der Waals surface area contributed by atoms with Crippen LogP contribution in [-0.2, 0) is 16.6 Å². The van der Waals surface area contributed by atoms with Gasteiger partial charge in [0, 0.05) is 22.1 Å². The Morgan fingerprint density at radius 2 is 1.95 bits per heavy atom. The molecule has 0 spiro atoms. The molecule has 1 heterocycles. The Kier molecular flexibility index (Phi) is 5.22. The molecule has 1 aromatic carbocycles. The van der Waals surface area contributed by atoms with Gasteiger partial charge >= 0.3 is 0 Å². The van der Waals surface area contributed by atoms with Gasteiger partial charge in [-0.05, 0) is 12.3 Å². The van der Waals surface area contributed by atoms with E-state index in [1.807, 2.05) is 30.3 Å². The first-order valence-corrected chi connectivity index (χ1v) is 8.68. The van der Waals surface area contributed by atoms with Crippen LogP contribution in [0.15, 0.2) is 30.3 Å². The maximum atomic E-state index is 11.9. The van der Waals surface area contributed by atoms with Crippen molar-refractivity contribution >= 4 is 22.1 Å². The summed E-state index contributed by atoms with van der Waals surface area (Å²) in [5.74, 6) is 1.87. The molecule has 2 aromatic rings. The van der Waals surface area contributed by atoms with E-state index in [-0.39, 0.29) is 0 Å². The number of hydrogen-bond acceptors (Lipinski definition) is 4. The van der Waals surface area contributed by atoms with Crippen LogP contribution >= 0.6 is 11.3 Å². The number of rotatable bonds is 6. The molecule has 19 heavy (non-hydrogen) atoms. The zero-order valence-electron chi connectivity index (χ0n) is 11.2. The summed E-state index contributed by atoms with van der Waals surface area (Å²) in [6, 6.07) is 9.97. The van der Waals surface area contributed by atoms with Crippen molar-refractivity contribution < 1.29 is 4.21 Å². The third kappa shape index (κ3) is 4.51. The first-order valence-electron chi connectivity index (χ1n) is 6.38. The van der Waals surface area contributed by atoms with Crippen LogP contribution in [0, 0.1) is 5.92 Å². The van der Waals surface area contributed by atoms with E-state index < -0.39 is 10.8 Å². The summed E-state index contributed by atoms with van der Waals surface area (Å²) in [5.41, 5.74) is 1.07. The van der Waals surface area contributed by atoms with Gasteiger partial charge in [-0.1, -0.05) is 55.5 Å². The fraction of sp³-hybridized carbons (Fsp3) is 0.429. The van der Waals surface area contributed by atoms with E-state index in [9.17, 15) is 4.21 Å². The molecule has 0 unspecified atom stereocenters.